The second-order valence-corrected chi connectivity index (χ2v) is 7.18. The molecule has 0 unspecified atom stereocenters. The molecule has 1 aliphatic heterocycles. The van der Waals surface area contributed by atoms with Gasteiger partial charge in [0.25, 0.3) is 5.91 Å². The third kappa shape index (κ3) is 3.07. The van der Waals surface area contributed by atoms with E-state index in [9.17, 15) is 4.79 Å². The maximum atomic E-state index is 13.2. The minimum Gasteiger partial charge on any atom is -0.306 e. The normalized spacial score (nSPS) is 14.0. The van der Waals surface area contributed by atoms with Crippen molar-refractivity contribution in [1.82, 2.24) is 9.78 Å². The molecule has 0 spiro atoms. The lowest BCUT2D eigenvalue weighted by molar-refractivity contribution is 0.0981. The van der Waals surface area contributed by atoms with Crippen molar-refractivity contribution in [3.05, 3.63) is 72.1 Å². The van der Waals surface area contributed by atoms with E-state index in [0.717, 1.165) is 40.7 Å². The minimum absolute atomic E-state index is 0.0345. The molecule has 0 saturated carbocycles. The summed E-state index contributed by atoms with van der Waals surface area (Å²) >= 11 is 1.81. The highest BCUT2D eigenvalue weighted by atomic mass is 32.2. The van der Waals surface area contributed by atoms with Crippen molar-refractivity contribution in [2.75, 3.05) is 17.2 Å². The summed E-state index contributed by atoms with van der Waals surface area (Å²) in [5.74, 6) is 0.992. The van der Waals surface area contributed by atoms with Crippen LogP contribution in [0, 0.1) is 6.92 Å². The molecule has 1 aromatic heterocycles. The van der Waals surface area contributed by atoms with Gasteiger partial charge in [-0.1, -0.05) is 30.3 Å². The summed E-state index contributed by atoms with van der Waals surface area (Å²) in [7, 11) is 0. The highest BCUT2D eigenvalue weighted by Crippen LogP contribution is 2.34. The van der Waals surface area contributed by atoms with E-state index in [1.54, 1.807) is 0 Å². The van der Waals surface area contributed by atoms with Gasteiger partial charge in [0.1, 0.15) is 0 Å². The second kappa shape index (κ2) is 6.76. The number of rotatable bonds is 2. The van der Waals surface area contributed by atoms with E-state index >= 15 is 0 Å². The third-order valence-electron chi connectivity index (χ3n) is 4.29. The molecule has 1 aliphatic rings. The van der Waals surface area contributed by atoms with Crippen LogP contribution in [0.3, 0.4) is 0 Å². The number of hydrogen-bond donors (Lipinski definition) is 0. The molecule has 0 radical (unpaired) electrons. The molecule has 0 atom stereocenters. The number of para-hydroxylation sites is 2. The summed E-state index contributed by atoms with van der Waals surface area (Å²) in [6.07, 6.45) is 0.976. The summed E-state index contributed by atoms with van der Waals surface area (Å²) in [5.41, 5.74) is 3.39. The number of anilines is 1. The Bertz CT molecular complexity index is 904. The van der Waals surface area contributed by atoms with Crippen LogP contribution in [0.5, 0.6) is 0 Å². The van der Waals surface area contributed by atoms with E-state index in [1.165, 1.54) is 0 Å². The minimum atomic E-state index is -0.0345. The number of carbonyl (C=O) groups is 1. The molecular formula is C20H19N3OS. The summed E-state index contributed by atoms with van der Waals surface area (Å²) in [6.45, 7) is 2.70. The molecule has 0 N–H and O–H groups in total. The van der Waals surface area contributed by atoms with Crippen LogP contribution in [-0.2, 0) is 0 Å². The van der Waals surface area contributed by atoms with Gasteiger partial charge in [0.05, 0.1) is 11.4 Å². The fourth-order valence-corrected chi connectivity index (χ4v) is 4.08. The van der Waals surface area contributed by atoms with Gasteiger partial charge < -0.3 is 4.90 Å². The van der Waals surface area contributed by atoms with Crippen molar-refractivity contribution in [3.63, 3.8) is 0 Å². The molecule has 2 aromatic carbocycles. The van der Waals surface area contributed by atoms with Crippen LogP contribution in [0.1, 0.15) is 22.6 Å². The Morgan fingerprint density at radius 2 is 1.84 bits per heavy atom. The van der Waals surface area contributed by atoms with E-state index in [-0.39, 0.29) is 5.91 Å². The summed E-state index contributed by atoms with van der Waals surface area (Å²) in [6, 6.07) is 19.9. The van der Waals surface area contributed by atoms with Crippen molar-refractivity contribution < 1.29 is 4.79 Å². The Morgan fingerprint density at radius 1 is 1.08 bits per heavy atom. The topological polar surface area (TPSA) is 38.1 Å². The van der Waals surface area contributed by atoms with E-state index in [1.807, 2.05) is 82.9 Å². The molecule has 0 aliphatic carbocycles. The van der Waals surface area contributed by atoms with Crippen LogP contribution < -0.4 is 4.90 Å². The number of amides is 1. The molecule has 0 bridgehead atoms. The van der Waals surface area contributed by atoms with E-state index < -0.39 is 0 Å². The van der Waals surface area contributed by atoms with Crippen molar-refractivity contribution in [2.45, 2.75) is 18.2 Å². The molecule has 2 heterocycles. The van der Waals surface area contributed by atoms with Gasteiger partial charge in [-0.3, -0.25) is 4.79 Å². The van der Waals surface area contributed by atoms with Crippen LogP contribution in [0.15, 0.2) is 65.6 Å². The number of thioether (sulfide) groups is 1. The van der Waals surface area contributed by atoms with Gasteiger partial charge in [-0.15, -0.1) is 11.8 Å². The number of benzene rings is 2. The van der Waals surface area contributed by atoms with Gasteiger partial charge in [-0.2, -0.15) is 5.10 Å². The number of fused-ring (bicyclic) bond motifs is 1. The first-order chi connectivity index (χ1) is 12.2. The maximum Gasteiger partial charge on any atom is 0.278 e. The molecule has 4 rings (SSSR count). The van der Waals surface area contributed by atoms with Crippen LogP contribution in [0.2, 0.25) is 0 Å². The smallest absolute Gasteiger partial charge is 0.278 e. The van der Waals surface area contributed by atoms with Gasteiger partial charge in [0, 0.05) is 17.1 Å². The van der Waals surface area contributed by atoms with E-state index in [4.69, 9.17) is 0 Å². The molecule has 126 valence electrons. The van der Waals surface area contributed by atoms with Gasteiger partial charge >= 0.3 is 0 Å². The van der Waals surface area contributed by atoms with Gasteiger partial charge in [-0.05, 0) is 49.4 Å². The fraction of sp³-hybridized carbons (Fsp3) is 0.200. The second-order valence-electron chi connectivity index (χ2n) is 6.04. The molecule has 0 saturated heterocycles. The van der Waals surface area contributed by atoms with Gasteiger partial charge in [0.15, 0.2) is 5.69 Å². The summed E-state index contributed by atoms with van der Waals surface area (Å²) < 4.78 is 1.83. The maximum absolute atomic E-state index is 13.2. The lowest BCUT2D eigenvalue weighted by Gasteiger charge is -2.21. The first kappa shape index (κ1) is 16.0. The zero-order valence-corrected chi connectivity index (χ0v) is 14.9. The first-order valence-electron chi connectivity index (χ1n) is 8.40. The number of hydrogen-bond acceptors (Lipinski definition) is 3. The molecular weight excluding hydrogens is 330 g/mol. The number of carbonyl (C=O) groups excluding carboxylic acids is 1. The molecule has 25 heavy (non-hydrogen) atoms. The average molecular weight is 349 g/mol. The van der Waals surface area contributed by atoms with Crippen LogP contribution in [-0.4, -0.2) is 28.0 Å². The molecule has 5 heteroatoms. The number of aromatic nitrogens is 2. The van der Waals surface area contributed by atoms with Crippen molar-refractivity contribution >= 4 is 23.4 Å². The van der Waals surface area contributed by atoms with Gasteiger partial charge in [0.2, 0.25) is 0 Å². The first-order valence-corrected chi connectivity index (χ1v) is 9.38. The molecule has 3 aromatic rings. The number of nitrogens with zero attached hydrogens (tertiary/aromatic N) is 3. The van der Waals surface area contributed by atoms with E-state index in [2.05, 4.69) is 11.2 Å². The Labute approximate surface area is 151 Å². The lowest BCUT2D eigenvalue weighted by Crippen LogP contribution is -2.32. The predicted octanol–water partition coefficient (Wildman–Crippen LogP) is 4.32. The standard InChI is InChI=1S/C20H19N3OS/c1-15-14-17(21-23(15)16-8-3-2-4-9-16)20(24)22-12-7-13-25-19-11-6-5-10-18(19)22/h2-6,8-11,14H,7,12-13H2,1H3. The Morgan fingerprint density at radius 3 is 2.68 bits per heavy atom. The molecule has 1 amide bonds. The van der Waals surface area contributed by atoms with Crippen LogP contribution >= 0.6 is 11.8 Å². The SMILES string of the molecule is Cc1cc(C(=O)N2CCCSc3ccccc32)nn1-c1ccccc1. The van der Waals surface area contributed by atoms with Crippen LogP contribution in [0.4, 0.5) is 5.69 Å². The van der Waals surface area contributed by atoms with Crippen molar-refractivity contribution in [2.24, 2.45) is 0 Å². The monoisotopic (exact) mass is 349 g/mol. The molecule has 0 fully saturated rings. The summed E-state index contributed by atoms with van der Waals surface area (Å²) in [5, 5.41) is 4.58. The quantitative estimate of drug-likeness (QED) is 0.691. The predicted molar refractivity (Wildman–Crippen MR) is 102 cm³/mol. The highest BCUT2D eigenvalue weighted by Gasteiger charge is 2.25. The zero-order valence-electron chi connectivity index (χ0n) is 14.1. The largest absolute Gasteiger partial charge is 0.306 e. The highest BCUT2D eigenvalue weighted by molar-refractivity contribution is 7.99. The summed E-state index contributed by atoms with van der Waals surface area (Å²) in [4.78, 5) is 16.2. The zero-order chi connectivity index (χ0) is 17.2. The number of aryl methyl sites for hydroxylation is 1. The van der Waals surface area contributed by atoms with Crippen molar-refractivity contribution in [3.8, 4) is 5.69 Å². The van der Waals surface area contributed by atoms with Crippen LogP contribution in [0.25, 0.3) is 5.69 Å². The Kier molecular flexibility index (Phi) is 4.32. The lowest BCUT2D eigenvalue weighted by atomic mass is 10.2. The van der Waals surface area contributed by atoms with Crippen molar-refractivity contribution in [1.29, 1.82) is 0 Å². The van der Waals surface area contributed by atoms with E-state index in [0.29, 0.717) is 5.69 Å². The third-order valence-corrected chi connectivity index (χ3v) is 5.44. The fourth-order valence-electron chi connectivity index (χ4n) is 3.09. The Hall–Kier alpha value is -2.53. The Balaban J connectivity index is 1.70. The molecule has 4 nitrogen and oxygen atoms in total. The van der Waals surface area contributed by atoms with Gasteiger partial charge in [-0.25, -0.2) is 4.68 Å². The average Bonchev–Trinajstić information content (AvgIpc) is 2.91.